The fraction of sp³-hybridized carbons (Fsp3) is 0.500. The quantitative estimate of drug-likeness (QED) is 0.788. The molecule has 2 N–H and O–H groups in total. The Labute approximate surface area is 118 Å². The Balaban J connectivity index is 3.26. The fourth-order valence-electron chi connectivity index (χ4n) is 2.11. The molecule has 20 heavy (non-hydrogen) atoms. The monoisotopic (exact) mass is 280 g/mol. The van der Waals surface area contributed by atoms with E-state index in [0.717, 1.165) is 11.1 Å². The highest BCUT2D eigenvalue weighted by Crippen LogP contribution is 2.29. The molecule has 1 rings (SSSR count). The van der Waals surface area contributed by atoms with Gasteiger partial charge in [-0.2, -0.15) is 0 Å². The number of methoxy groups -OCH3 is 1. The van der Waals surface area contributed by atoms with Gasteiger partial charge in [-0.25, -0.2) is 0 Å². The van der Waals surface area contributed by atoms with Crippen molar-refractivity contribution < 1.29 is 19.4 Å². The van der Waals surface area contributed by atoms with Gasteiger partial charge in [0.25, 0.3) is 0 Å². The van der Waals surface area contributed by atoms with Crippen molar-refractivity contribution in [2.75, 3.05) is 14.2 Å². The second-order valence-corrected chi connectivity index (χ2v) is 4.94. The largest absolute Gasteiger partial charge is 0.496 e. The van der Waals surface area contributed by atoms with Crippen LogP contribution in [-0.2, 0) is 16.0 Å². The van der Waals surface area contributed by atoms with E-state index >= 15 is 0 Å². The van der Waals surface area contributed by atoms with Crippen molar-refractivity contribution in [2.24, 2.45) is 5.41 Å². The molecule has 1 amide bonds. The second kappa shape index (κ2) is 5.90. The van der Waals surface area contributed by atoms with Crippen LogP contribution in [0.5, 0.6) is 5.75 Å². The molecular weight excluding hydrogens is 260 g/mol. The van der Waals surface area contributed by atoms with E-state index in [1.165, 1.54) is 14.0 Å². The van der Waals surface area contributed by atoms with E-state index in [9.17, 15) is 14.7 Å². The number of aliphatic carboxylic acids is 1. The third-order valence-corrected chi connectivity index (χ3v) is 3.47. The van der Waals surface area contributed by atoms with Gasteiger partial charge in [-0.1, -0.05) is 0 Å². The van der Waals surface area contributed by atoms with Gasteiger partial charge < -0.3 is 15.2 Å². The molecule has 1 unspecified atom stereocenters. The van der Waals surface area contributed by atoms with Crippen LogP contribution >= 0.6 is 0 Å². The number of carbonyl (C=O) groups excluding carboxylic acids is 1. The van der Waals surface area contributed by atoms with Gasteiger partial charge in [0.15, 0.2) is 0 Å². The summed E-state index contributed by atoms with van der Waals surface area (Å²) in [6.45, 7) is 5.06. The van der Waals surface area contributed by atoms with E-state index in [1.54, 1.807) is 20.2 Å². The molecule has 0 spiro atoms. The number of carbonyl (C=O) groups is 2. The predicted octanol–water partition coefficient (Wildman–Crippen LogP) is 1.09. The topological polar surface area (TPSA) is 88.5 Å². The third-order valence-electron chi connectivity index (χ3n) is 3.47. The lowest BCUT2D eigenvalue weighted by molar-refractivity contribution is -0.154. The molecule has 6 nitrogen and oxygen atoms in total. The van der Waals surface area contributed by atoms with E-state index in [-0.39, 0.29) is 6.42 Å². The van der Waals surface area contributed by atoms with Crippen molar-refractivity contribution in [3.63, 3.8) is 0 Å². The number of nitrogens with zero attached hydrogens (tertiary/aromatic N) is 1. The van der Waals surface area contributed by atoms with Gasteiger partial charge in [0.1, 0.15) is 11.2 Å². The van der Waals surface area contributed by atoms with Crippen LogP contribution in [0.25, 0.3) is 0 Å². The maximum Gasteiger partial charge on any atom is 0.319 e. The molecule has 6 heteroatoms. The van der Waals surface area contributed by atoms with Crippen LogP contribution in [0.3, 0.4) is 0 Å². The lowest BCUT2D eigenvalue weighted by Gasteiger charge is -2.23. The molecule has 1 heterocycles. The number of pyridine rings is 1. The average Bonchev–Trinajstić information content (AvgIpc) is 2.41. The zero-order chi connectivity index (χ0) is 15.5. The van der Waals surface area contributed by atoms with Crippen molar-refractivity contribution in [3.8, 4) is 5.75 Å². The third kappa shape index (κ3) is 2.74. The lowest BCUT2D eigenvalue weighted by Crippen LogP contribution is -2.45. The van der Waals surface area contributed by atoms with Gasteiger partial charge in [0, 0.05) is 36.5 Å². The van der Waals surface area contributed by atoms with Crippen LogP contribution in [0.2, 0.25) is 0 Å². The number of carboxylic acids is 1. The van der Waals surface area contributed by atoms with Gasteiger partial charge in [-0.15, -0.1) is 0 Å². The normalized spacial score (nSPS) is 13.4. The van der Waals surface area contributed by atoms with Gasteiger partial charge in [0.2, 0.25) is 5.91 Å². The fourth-order valence-corrected chi connectivity index (χ4v) is 2.11. The molecule has 0 bridgehead atoms. The molecular formula is C14H20N2O4. The van der Waals surface area contributed by atoms with Crippen LogP contribution in [-0.4, -0.2) is 36.1 Å². The van der Waals surface area contributed by atoms with Crippen molar-refractivity contribution in [1.82, 2.24) is 10.3 Å². The Morgan fingerprint density at radius 1 is 1.45 bits per heavy atom. The molecule has 0 saturated heterocycles. The highest BCUT2D eigenvalue weighted by atomic mass is 16.5. The maximum absolute atomic E-state index is 11.9. The first-order valence-electron chi connectivity index (χ1n) is 6.22. The summed E-state index contributed by atoms with van der Waals surface area (Å²) >= 11 is 0. The Morgan fingerprint density at radius 3 is 2.50 bits per heavy atom. The zero-order valence-electron chi connectivity index (χ0n) is 12.4. The molecule has 0 aliphatic heterocycles. The number of hydrogen-bond donors (Lipinski definition) is 2. The zero-order valence-corrected chi connectivity index (χ0v) is 12.4. The Morgan fingerprint density at radius 2 is 2.05 bits per heavy atom. The minimum Gasteiger partial charge on any atom is -0.496 e. The summed E-state index contributed by atoms with van der Waals surface area (Å²) in [4.78, 5) is 27.5. The van der Waals surface area contributed by atoms with Crippen LogP contribution < -0.4 is 10.1 Å². The summed E-state index contributed by atoms with van der Waals surface area (Å²) in [5.41, 5.74) is 0.600. The summed E-state index contributed by atoms with van der Waals surface area (Å²) in [5, 5.41) is 11.7. The van der Waals surface area contributed by atoms with Crippen molar-refractivity contribution in [3.05, 3.63) is 23.0 Å². The highest BCUT2D eigenvalue weighted by Gasteiger charge is 2.41. The first kappa shape index (κ1) is 15.9. The van der Waals surface area contributed by atoms with E-state index in [1.807, 2.05) is 6.92 Å². The smallest absolute Gasteiger partial charge is 0.319 e. The highest BCUT2D eigenvalue weighted by molar-refractivity contribution is 6.01. The van der Waals surface area contributed by atoms with Crippen LogP contribution in [0.4, 0.5) is 0 Å². The number of amides is 1. The number of rotatable bonds is 5. The van der Waals surface area contributed by atoms with E-state index in [0.29, 0.717) is 11.4 Å². The van der Waals surface area contributed by atoms with E-state index in [2.05, 4.69) is 10.3 Å². The standard InChI is InChI=1S/C14H20N2O4/c1-8-7-16-10(9(2)11(8)20-5)6-14(3,13(18)19)12(17)15-4/h7H,6H2,1-5H3,(H,15,17)(H,18,19). The average molecular weight is 280 g/mol. The van der Waals surface area contributed by atoms with Crippen molar-refractivity contribution in [1.29, 1.82) is 0 Å². The number of hydrogen-bond acceptors (Lipinski definition) is 4. The van der Waals surface area contributed by atoms with Crippen LogP contribution in [0.15, 0.2) is 6.20 Å². The summed E-state index contributed by atoms with van der Waals surface area (Å²) in [5.74, 6) is -1.07. The Hall–Kier alpha value is -2.11. The number of ether oxygens (including phenoxy) is 1. The van der Waals surface area contributed by atoms with Gasteiger partial charge >= 0.3 is 5.97 Å². The number of aromatic nitrogens is 1. The van der Waals surface area contributed by atoms with Gasteiger partial charge in [-0.3, -0.25) is 14.6 Å². The molecule has 110 valence electrons. The van der Waals surface area contributed by atoms with Crippen molar-refractivity contribution >= 4 is 11.9 Å². The second-order valence-electron chi connectivity index (χ2n) is 4.94. The first-order valence-corrected chi connectivity index (χ1v) is 6.22. The minimum atomic E-state index is -1.56. The number of carboxylic acid groups (broad SMARTS) is 1. The van der Waals surface area contributed by atoms with Crippen LogP contribution in [0, 0.1) is 19.3 Å². The molecule has 0 saturated carbocycles. The maximum atomic E-state index is 11.9. The lowest BCUT2D eigenvalue weighted by atomic mass is 9.83. The van der Waals surface area contributed by atoms with Crippen molar-refractivity contribution in [2.45, 2.75) is 27.2 Å². The molecule has 0 fully saturated rings. The molecule has 1 aromatic heterocycles. The predicted molar refractivity (Wildman–Crippen MR) is 73.8 cm³/mol. The molecule has 1 atom stereocenters. The summed E-state index contributed by atoms with van der Waals surface area (Å²) in [6, 6.07) is 0. The Bertz CT molecular complexity index is 542. The number of aryl methyl sites for hydroxylation is 1. The Kier molecular flexibility index (Phi) is 4.70. The summed E-state index contributed by atoms with van der Waals surface area (Å²) < 4.78 is 5.29. The summed E-state index contributed by atoms with van der Waals surface area (Å²) in [6.07, 6.45) is 1.62. The van der Waals surface area contributed by atoms with Gasteiger partial charge in [0.05, 0.1) is 7.11 Å². The molecule has 0 aliphatic rings. The van der Waals surface area contributed by atoms with Gasteiger partial charge in [-0.05, 0) is 20.8 Å². The first-order chi connectivity index (χ1) is 9.27. The molecule has 0 aromatic carbocycles. The SMILES string of the molecule is CNC(=O)C(C)(Cc1ncc(C)c(OC)c1C)C(=O)O. The summed E-state index contributed by atoms with van der Waals surface area (Å²) in [7, 11) is 2.97. The van der Waals surface area contributed by atoms with E-state index < -0.39 is 17.3 Å². The minimum absolute atomic E-state index is 0.00444. The molecule has 1 aromatic rings. The van der Waals surface area contributed by atoms with E-state index in [4.69, 9.17) is 4.74 Å². The molecule has 0 aliphatic carbocycles. The van der Waals surface area contributed by atoms with Crippen LogP contribution in [0.1, 0.15) is 23.7 Å². The number of nitrogens with one attached hydrogen (secondary N) is 1. The molecule has 0 radical (unpaired) electrons.